The van der Waals surface area contributed by atoms with Crippen molar-refractivity contribution in [3.8, 4) is 0 Å². The third kappa shape index (κ3) is 7.04. The molecule has 38 heavy (non-hydrogen) atoms. The number of likely N-dealkylation sites (tertiary alicyclic amines) is 2. The number of hydrogen-bond acceptors (Lipinski definition) is 8. The van der Waals surface area contributed by atoms with Gasteiger partial charge in [0.25, 0.3) is 5.91 Å². The number of amides is 4. The summed E-state index contributed by atoms with van der Waals surface area (Å²) in [6.45, 7) is -0.170. The van der Waals surface area contributed by atoms with Crippen LogP contribution in [0.2, 0.25) is 0 Å². The quantitative estimate of drug-likeness (QED) is 0.247. The molecular weight excluding hydrogens is 522 g/mol. The predicted molar refractivity (Wildman–Crippen MR) is 133 cm³/mol. The summed E-state index contributed by atoms with van der Waals surface area (Å²) in [5.41, 5.74) is 0.401. The normalized spacial score (nSPS) is 22.8. The Labute approximate surface area is 222 Å². The van der Waals surface area contributed by atoms with E-state index in [1.165, 1.54) is 12.0 Å². The Kier molecular flexibility index (Phi) is 9.74. The van der Waals surface area contributed by atoms with Gasteiger partial charge in [0.05, 0.1) is 11.5 Å². The first-order chi connectivity index (χ1) is 18.0. The summed E-state index contributed by atoms with van der Waals surface area (Å²) < 4.78 is 6.37. The Morgan fingerprint density at radius 2 is 1.47 bits per heavy atom. The van der Waals surface area contributed by atoms with Crippen molar-refractivity contribution in [1.82, 2.24) is 25.0 Å². The molecule has 2 saturated heterocycles. The SMILES string of the molecule is COCC(=O)N[C@H]1C[C@@H](C(=O)O)N(C(=O)CSCC(=O)N2C[C@@H](NC(=O)c3cccn3C)C[C@H]2C(=O)O)C1. The number of carbonyl (C=O) groups excluding carboxylic acids is 4. The van der Waals surface area contributed by atoms with Crippen LogP contribution in [0.5, 0.6) is 0 Å². The number of aliphatic carboxylic acids is 2. The smallest absolute Gasteiger partial charge is 0.326 e. The van der Waals surface area contributed by atoms with Gasteiger partial charge in [-0.15, -0.1) is 11.8 Å². The highest BCUT2D eigenvalue weighted by Gasteiger charge is 2.42. The Morgan fingerprint density at radius 3 is 1.92 bits per heavy atom. The number of carboxylic acids is 2. The van der Waals surface area contributed by atoms with Crippen molar-refractivity contribution in [3.05, 3.63) is 24.0 Å². The van der Waals surface area contributed by atoms with E-state index >= 15 is 0 Å². The Morgan fingerprint density at radius 1 is 0.947 bits per heavy atom. The highest BCUT2D eigenvalue weighted by molar-refractivity contribution is 8.00. The molecule has 0 bridgehead atoms. The van der Waals surface area contributed by atoms with Crippen LogP contribution in [0.25, 0.3) is 0 Å². The van der Waals surface area contributed by atoms with Gasteiger partial charge in [-0.05, 0) is 12.1 Å². The zero-order chi connectivity index (χ0) is 28.0. The van der Waals surface area contributed by atoms with Gasteiger partial charge in [0.2, 0.25) is 17.7 Å². The maximum absolute atomic E-state index is 12.8. The van der Waals surface area contributed by atoms with Crippen LogP contribution in [0.1, 0.15) is 23.3 Å². The lowest BCUT2D eigenvalue weighted by Gasteiger charge is -2.23. The molecule has 0 unspecified atom stereocenters. The first-order valence-electron chi connectivity index (χ1n) is 11.8. The summed E-state index contributed by atoms with van der Waals surface area (Å²) in [5, 5.41) is 24.5. The molecule has 3 heterocycles. The maximum Gasteiger partial charge on any atom is 0.326 e. The number of carboxylic acid groups (broad SMARTS) is 2. The van der Waals surface area contributed by atoms with Crippen molar-refractivity contribution in [2.24, 2.45) is 7.05 Å². The average molecular weight is 554 g/mol. The number of rotatable bonds is 11. The number of thioether (sulfide) groups is 1. The van der Waals surface area contributed by atoms with Crippen LogP contribution in [0.3, 0.4) is 0 Å². The minimum atomic E-state index is -1.20. The number of hydrogen-bond donors (Lipinski definition) is 4. The molecule has 0 spiro atoms. The van der Waals surface area contributed by atoms with Crippen LogP contribution in [0.15, 0.2) is 18.3 Å². The van der Waals surface area contributed by atoms with Gasteiger partial charge in [0.15, 0.2) is 0 Å². The van der Waals surface area contributed by atoms with Crippen LogP contribution in [-0.2, 0) is 35.8 Å². The topological polar surface area (TPSA) is 188 Å². The molecule has 208 valence electrons. The summed E-state index contributed by atoms with van der Waals surface area (Å²) in [5.74, 6) is -4.62. The van der Waals surface area contributed by atoms with Gasteiger partial charge in [-0.1, -0.05) is 0 Å². The van der Waals surface area contributed by atoms with Gasteiger partial charge in [-0.25, -0.2) is 9.59 Å². The minimum Gasteiger partial charge on any atom is -0.480 e. The molecule has 0 saturated carbocycles. The molecule has 0 aliphatic carbocycles. The van der Waals surface area contributed by atoms with Gasteiger partial charge < -0.3 is 40.0 Å². The number of nitrogens with one attached hydrogen (secondary N) is 2. The van der Waals surface area contributed by atoms with E-state index in [0.29, 0.717) is 5.69 Å². The Bertz CT molecular complexity index is 1090. The summed E-state index contributed by atoms with van der Waals surface area (Å²) in [6.07, 6.45) is 1.80. The third-order valence-corrected chi connectivity index (χ3v) is 7.32. The second kappa shape index (κ2) is 12.8. The van der Waals surface area contributed by atoms with Crippen molar-refractivity contribution >= 4 is 47.3 Å². The highest BCUT2D eigenvalue weighted by Crippen LogP contribution is 2.22. The van der Waals surface area contributed by atoms with Gasteiger partial charge in [-0.2, -0.15) is 0 Å². The maximum atomic E-state index is 12.8. The predicted octanol–water partition coefficient (Wildman–Crippen LogP) is -1.64. The summed E-state index contributed by atoms with van der Waals surface area (Å²) in [7, 11) is 3.06. The zero-order valence-electron chi connectivity index (χ0n) is 21.0. The number of carbonyl (C=O) groups is 6. The fourth-order valence-corrected chi connectivity index (χ4v) is 5.43. The molecule has 4 N–H and O–H groups in total. The van der Waals surface area contributed by atoms with E-state index in [1.54, 1.807) is 29.9 Å². The lowest BCUT2D eigenvalue weighted by Crippen LogP contribution is -2.44. The second-order valence-corrected chi connectivity index (χ2v) is 10.1. The van der Waals surface area contributed by atoms with E-state index in [2.05, 4.69) is 10.6 Å². The molecule has 3 rings (SSSR count). The van der Waals surface area contributed by atoms with E-state index in [-0.39, 0.29) is 50.0 Å². The van der Waals surface area contributed by atoms with Gasteiger partial charge >= 0.3 is 11.9 Å². The fraction of sp³-hybridized carbons (Fsp3) is 0.565. The number of methoxy groups -OCH3 is 1. The minimum absolute atomic E-state index is 0.00942. The van der Waals surface area contributed by atoms with E-state index in [0.717, 1.165) is 16.7 Å². The molecule has 0 aromatic carbocycles. The summed E-state index contributed by atoms with van der Waals surface area (Å²) in [6, 6.07) is -0.00543. The van der Waals surface area contributed by atoms with Crippen LogP contribution in [0, 0.1) is 0 Å². The van der Waals surface area contributed by atoms with E-state index in [4.69, 9.17) is 4.74 Å². The lowest BCUT2D eigenvalue weighted by atomic mass is 10.1. The number of nitrogens with zero attached hydrogens (tertiary/aromatic N) is 3. The second-order valence-electron chi connectivity index (χ2n) is 9.14. The van der Waals surface area contributed by atoms with Gasteiger partial charge in [0.1, 0.15) is 24.4 Å². The summed E-state index contributed by atoms with van der Waals surface area (Å²) in [4.78, 5) is 75.6. The monoisotopic (exact) mass is 553 g/mol. The number of aromatic nitrogens is 1. The zero-order valence-corrected chi connectivity index (χ0v) is 21.8. The van der Waals surface area contributed by atoms with Crippen LogP contribution in [-0.4, -0.2) is 123 Å². The third-order valence-electron chi connectivity index (χ3n) is 6.42. The van der Waals surface area contributed by atoms with Crippen molar-refractivity contribution in [2.75, 3.05) is 38.3 Å². The van der Waals surface area contributed by atoms with Gasteiger partial charge in [-0.3, -0.25) is 19.2 Å². The number of ether oxygens (including phenoxy) is 1. The fourth-order valence-electron chi connectivity index (χ4n) is 4.65. The Balaban J connectivity index is 1.52. The molecule has 1 aromatic rings. The van der Waals surface area contributed by atoms with Crippen LogP contribution < -0.4 is 10.6 Å². The standard InChI is InChI=1S/C23H31N5O9S/c1-26-5-3-4-15(26)21(32)25-14-7-17(23(35)36)28(9-14)20(31)12-38-11-19(30)27-8-13(6-16(27)22(33)34)24-18(29)10-37-2/h3-5,13-14,16-17H,6-12H2,1-2H3,(H,24,29)(H,25,32)(H,33,34)(H,35,36)/t13-,14-,16-,17-/m0/s1. The molecule has 2 aliphatic rings. The molecule has 0 radical (unpaired) electrons. The molecule has 1 aromatic heterocycles. The van der Waals surface area contributed by atoms with Crippen molar-refractivity contribution in [1.29, 1.82) is 0 Å². The molecule has 14 nitrogen and oxygen atoms in total. The highest BCUT2D eigenvalue weighted by atomic mass is 32.2. The molecule has 4 amide bonds. The Hall–Kier alpha value is -3.59. The molecule has 15 heteroatoms. The molecule has 2 aliphatic heterocycles. The number of aryl methyl sites for hydroxylation is 1. The van der Waals surface area contributed by atoms with E-state index in [1.807, 2.05) is 0 Å². The first-order valence-corrected chi connectivity index (χ1v) is 13.0. The molecular formula is C23H31N5O9S. The van der Waals surface area contributed by atoms with Crippen LogP contribution >= 0.6 is 11.8 Å². The van der Waals surface area contributed by atoms with Gasteiger partial charge in [0, 0.05) is 58.4 Å². The molecule has 4 atom stereocenters. The van der Waals surface area contributed by atoms with Crippen molar-refractivity contribution in [3.63, 3.8) is 0 Å². The average Bonchev–Trinajstić information content (AvgIpc) is 3.57. The van der Waals surface area contributed by atoms with Crippen molar-refractivity contribution in [2.45, 2.75) is 37.0 Å². The van der Waals surface area contributed by atoms with Crippen LogP contribution in [0.4, 0.5) is 0 Å². The first kappa shape index (κ1) is 29.0. The van der Waals surface area contributed by atoms with E-state index < -0.39 is 53.8 Å². The van der Waals surface area contributed by atoms with Crippen molar-refractivity contribution < 1.29 is 43.7 Å². The summed E-state index contributed by atoms with van der Waals surface area (Å²) >= 11 is 0.943. The largest absolute Gasteiger partial charge is 0.480 e. The lowest BCUT2D eigenvalue weighted by molar-refractivity contribution is -0.147. The molecule has 2 fully saturated rings. The van der Waals surface area contributed by atoms with E-state index in [9.17, 15) is 39.0 Å².